The Hall–Kier alpha value is -5.72. The highest BCUT2D eigenvalue weighted by atomic mass is 32.2. The van der Waals surface area contributed by atoms with Crippen molar-refractivity contribution in [1.82, 2.24) is 18.9 Å². The van der Waals surface area contributed by atoms with E-state index >= 15 is 0 Å². The summed E-state index contributed by atoms with van der Waals surface area (Å²) < 4.78 is 112. The summed E-state index contributed by atoms with van der Waals surface area (Å²) in [4.78, 5) is 1.25. The van der Waals surface area contributed by atoms with E-state index in [1.807, 2.05) is 149 Å². The normalized spacial score (nSPS) is 13.8. The number of unbranched alkanes of at least 4 members (excludes halogenated alkanes) is 4. The Morgan fingerprint density at radius 1 is 0.232 bits per heavy atom. The summed E-state index contributed by atoms with van der Waals surface area (Å²) in [5, 5.41) is 7.85. The fraction of sp³-hybridized carbons (Fsp3) is 0.565. The Morgan fingerprint density at radius 2 is 0.384 bits per heavy atom. The van der Waals surface area contributed by atoms with Crippen LogP contribution >= 0.6 is 0 Å². The van der Waals surface area contributed by atoms with Gasteiger partial charge in [-0.2, -0.15) is 0 Å². The molecule has 20 heteroatoms. The molecule has 0 amide bonds. The predicted molar refractivity (Wildman–Crippen MR) is 484 cm³/mol. The molecule has 0 saturated heterocycles. The summed E-state index contributed by atoms with van der Waals surface area (Å²) >= 11 is 0. The molecule has 8 aromatic carbocycles. The number of nitrogens with one attached hydrogen (secondary N) is 4. The third-order valence-corrected chi connectivity index (χ3v) is 26.8. The van der Waals surface area contributed by atoms with Gasteiger partial charge in [-0.15, -0.1) is 0 Å². The van der Waals surface area contributed by atoms with Crippen molar-refractivity contribution in [3.63, 3.8) is 0 Å². The van der Waals surface area contributed by atoms with E-state index in [1.54, 1.807) is 48.5 Å². The van der Waals surface area contributed by atoms with Crippen molar-refractivity contribution >= 4 is 83.2 Å². The second kappa shape index (κ2) is 56.6. The summed E-state index contributed by atoms with van der Waals surface area (Å²) in [5.74, 6) is 3.77. The standard InChI is InChI=1S/4C19H28N2O2S.4C4H10/c4*1-14(2)18(13-20)9-8-15(3)21-24(22,23)19-11-10-16-6-4-5-7-17(16)12-19;4*1-3-4-2/h4*4-7,10-12,14-15,18,21H,8-9,13,20H2,1-3H3;4*3-4H2,1-2H3/t2*15-,18+;2*15-,18-;;;;/m1010..../s1. The van der Waals surface area contributed by atoms with Crippen molar-refractivity contribution in [3.05, 3.63) is 170 Å². The zero-order valence-electron chi connectivity index (χ0n) is 72.4. The van der Waals surface area contributed by atoms with Crippen LogP contribution in [-0.2, 0) is 40.1 Å². The molecule has 0 aliphatic rings. The van der Waals surface area contributed by atoms with Crippen LogP contribution in [0.3, 0.4) is 0 Å². The molecule has 0 heterocycles. The molecule has 0 spiro atoms. The maximum atomic E-state index is 12.6. The summed E-state index contributed by atoms with van der Waals surface area (Å²) in [6, 6.07) is 51.5. The quantitative estimate of drug-likeness (QED) is 0.0182. The van der Waals surface area contributed by atoms with Crippen molar-refractivity contribution in [2.75, 3.05) is 26.2 Å². The number of hydrogen-bond acceptors (Lipinski definition) is 12. The molecule has 0 radical (unpaired) electrons. The van der Waals surface area contributed by atoms with Gasteiger partial charge in [-0.1, -0.05) is 283 Å². The number of rotatable bonds is 36. The minimum atomic E-state index is -3.51. The first-order valence-corrected chi connectivity index (χ1v) is 47.8. The molecule has 8 aromatic rings. The first-order valence-electron chi connectivity index (χ1n) is 41.8. The van der Waals surface area contributed by atoms with E-state index in [1.165, 1.54) is 51.4 Å². The van der Waals surface area contributed by atoms with Crippen LogP contribution < -0.4 is 41.8 Å². The number of fused-ring (bicyclic) bond motifs is 4. The van der Waals surface area contributed by atoms with Gasteiger partial charge in [0.1, 0.15) is 0 Å². The van der Waals surface area contributed by atoms with Crippen LogP contribution in [0, 0.1) is 47.3 Å². The molecule has 112 heavy (non-hydrogen) atoms. The molecule has 8 rings (SSSR count). The molecule has 0 aliphatic carbocycles. The molecule has 0 unspecified atom stereocenters. The SMILES string of the molecule is CC(C)[C@@H](CN)CC[C@@H](C)NS(=O)(=O)c1ccc2ccccc2c1.CC(C)[C@@H](CN)CC[C@H](C)NS(=O)(=O)c1ccc2ccccc2c1.CC(C)[C@H](CN)CC[C@@H](C)NS(=O)(=O)c1ccc2ccccc2c1.CC(C)[C@H](CN)CC[C@H](C)NS(=O)(=O)c1ccc2ccccc2c1.CCCC.CCCC.CCCC.CCCC. The zero-order valence-corrected chi connectivity index (χ0v) is 75.7. The Morgan fingerprint density at radius 3 is 0.518 bits per heavy atom. The third kappa shape index (κ3) is 40.2. The van der Waals surface area contributed by atoms with Gasteiger partial charge in [0.2, 0.25) is 40.1 Å². The molecule has 632 valence electrons. The monoisotopic (exact) mass is 1630 g/mol. The lowest BCUT2D eigenvalue weighted by Gasteiger charge is -2.21. The van der Waals surface area contributed by atoms with Crippen LogP contribution in [-0.4, -0.2) is 84.0 Å². The van der Waals surface area contributed by atoms with Gasteiger partial charge in [0.15, 0.2) is 0 Å². The number of hydrogen-bond donors (Lipinski definition) is 8. The van der Waals surface area contributed by atoms with Crippen molar-refractivity contribution < 1.29 is 33.7 Å². The van der Waals surface area contributed by atoms with Crippen LogP contribution in [0.5, 0.6) is 0 Å². The van der Waals surface area contributed by atoms with Crippen molar-refractivity contribution in [2.45, 2.75) is 285 Å². The van der Waals surface area contributed by atoms with Crippen molar-refractivity contribution in [3.8, 4) is 0 Å². The van der Waals surface area contributed by atoms with E-state index in [-0.39, 0.29) is 24.2 Å². The van der Waals surface area contributed by atoms with Crippen molar-refractivity contribution in [1.29, 1.82) is 0 Å². The van der Waals surface area contributed by atoms with Crippen LogP contribution in [0.15, 0.2) is 189 Å². The Kier molecular flexibility index (Phi) is 52.7. The number of nitrogens with two attached hydrogens (primary N) is 4. The van der Waals surface area contributed by atoms with Gasteiger partial charge >= 0.3 is 0 Å². The summed E-state index contributed by atoms with van der Waals surface area (Å²) in [7, 11) is -14.0. The first kappa shape index (κ1) is 104. The van der Waals surface area contributed by atoms with Gasteiger partial charge in [-0.3, -0.25) is 0 Å². The smallest absolute Gasteiger partial charge is 0.240 e. The average Bonchev–Trinajstić information content (AvgIpc) is 0.827. The number of sulfonamides is 4. The van der Waals surface area contributed by atoms with E-state index in [9.17, 15) is 33.7 Å². The maximum absolute atomic E-state index is 12.6. The average molecular weight is 1630 g/mol. The van der Waals surface area contributed by atoms with E-state index in [4.69, 9.17) is 22.9 Å². The molecular weight excluding hydrogens is 1470 g/mol. The zero-order chi connectivity index (χ0) is 84.6. The Labute approximate surface area is 682 Å². The molecule has 0 aromatic heterocycles. The van der Waals surface area contributed by atoms with Crippen molar-refractivity contribution in [2.24, 2.45) is 70.3 Å². The topological polar surface area (TPSA) is 289 Å². The second-order valence-electron chi connectivity index (χ2n) is 31.4. The molecule has 12 N–H and O–H groups in total. The van der Waals surface area contributed by atoms with Crippen LogP contribution in [0.2, 0.25) is 0 Å². The summed E-state index contributed by atoms with van der Waals surface area (Å²) in [6.07, 6.45) is 17.4. The highest BCUT2D eigenvalue weighted by Crippen LogP contribution is 2.27. The molecular formula is C92H152N8O8S4. The highest BCUT2D eigenvalue weighted by Gasteiger charge is 2.25. The van der Waals surface area contributed by atoms with Gasteiger partial charge < -0.3 is 22.9 Å². The largest absolute Gasteiger partial charge is 0.330 e. The number of benzene rings is 8. The van der Waals surface area contributed by atoms with Crippen LogP contribution in [0.4, 0.5) is 0 Å². The Balaban J connectivity index is 0.000000699. The van der Waals surface area contributed by atoms with Gasteiger partial charge in [0.25, 0.3) is 0 Å². The van der Waals surface area contributed by atoms with Gasteiger partial charge in [0, 0.05) is 24.2 Å². The molecule has 0 bridgehead atoms. The van der Waals surface area contributed by atoms with E-state index in [2.05, 4.69) is 130 Å². The third-order valence-electron chi connectivity index (χ3n) is 20.4. The van der Waals surface area contributed by atoms with E-state index < -0.39 is 40.1 Å². The minimum absolute atomic E-state index is 0.116. The molecule has 16 nitrogen and oxygen atoms in total. The van der Waals surface area contributed by atoms with E-state index in [0.29, 0.717) is 93.1 Å². The highest BCUT2D eigenvalue weighted by molar-refractivity contribution is 7.90. The van der Waals surface area contributed by atoms with Gasteiger partial charge in [0.05, 0.1) is 19.6 Å². The molecule has 0 aliphatic heterocycles. The van der Waals surface area contributed by atoms with Crippen LogP contribution in [0.25, 0.3) is 43.1 Å². The maximum Gasteiger partial charge on any atom is 0.240 e. The Bertz CT molecular complexity index is 3750. The van der Waals surface area contributed by atoms with Gasteiger partial charge in [-0.05, 0) is 244 Å². The van der Waals surface area contributed by atoms with E-state index in [0.717, 1.165) is 94.5 Å². The fourth-order valence-electron chi connectivity index (χ4n) is 11.7. The molecule has 0 fully saturated rings. The lowest BCUT2D eigenvalue weighted by atomic mass is 9.90. The lowest BCUT2D eigenvalue weighted by Crippen LogP contribution is -2.33. The predicted octanol–water partition coefficient (Wildman–Crippen LogP) is 21.3. The minimum Gasteiger partial charge on any atom is -0.330 e. The first-order chi connectivity index (χ1) is 53.0. The lowest BCUT2D eigenvalue weighted by molar-refractivity contribution is 0.346. The van der Waals surface area contributed by atoms with Gasteiger partial charge in [-0.25, -0.2) is 52.6 Å². The van der Waals surface area contributed by atoms with Crippen LogP contribution in [0.1, 0.15) is 241 Å². The molecule has 8 atom stereocenters. The summed E-state index contributed by atoms with van der Waals surface area (Å²) in [5.41, 5.74) is 23.2. The second-order valence-corrected chi connectivity index (χ2v) is 38.2. The summed E-state index contributed by atoms with van der Waals surface area (Å²) in [6.45, 7) is 44.9. The molecule has 0 saturated carbocycles. The fourth-order valence-corrected chi connectivity index (χ4v) is 16.9.